The van der Waals surface area contributed by atoms with Gasteiger partial charge in [0, 0.05) is 18.2 Å². The summed E-state index contributed by atoms with van der Waals surface area (Å²) in [7, 11) is 0. The molecule has 0 aromatic carbocycles. The predicted octanol–water partition coefficient (Wildman–Crippen LogP) is 1.76. The summed E-state index contributed by atoms with van der Waals surface area (Å²) in [6, 6.07) is 0.412. The maximum atomic E-state index is 11.7. The van der Waals surface area contributed by atoms with Gasteiger partial charge in [-0.1, -0.05) is 13.8 Å². The summed E-state index contributed by atoms with van der Waals surface area (Å²) >= 11 is 1.92. The minimum Gasteiger partial charge on any atom is -0.353 e. The summed E-state index contributed by atoms with van der Waals surface area (Å²) in [5, 5.41) is 3.10. The number of rotatable bonds is 6. The molecule has 1 heterocycles. The third-order valence-electron chi connectivity index (χ3n) is 3.14. The van der Waals surface area contributed by atoms with Crippen molar-refractivity contribution in [1.82, 2.24) is 5.32 Å². The highest BCUT2D eigenvalue weighted by Crippen LogP contribution is 2.26. The fourth-order valence-electron chi connectivity index (χ4n) is 1.92. The van der Waals surface area contributed by atoms with Crippen molar-refractivity contribution in [2.24, 2.45) is 11.1 Å². The van der Waals surface area contributed by atoms with Crippen LogP contribution in [0.2, 0.25) is 0 Å². The summed E-state index contributed by atoms with van der Waals surface area (Å²) in [5.74, 6) is 2.47. The van der Waals surface area contributed by atoms with Crippen LogP contribution in [-0.2, 0) is 4.79 Å². The molecule has 1 unspecified atom stereocenters. The highest BCUT2D eigenvalue weighted by molar-refractivity contribution is 7.99. The van der Waals surface area contributed by atoms with Crippen LogP contribution in [0.3, 0.4) is 0 Å². The van der Waals surface area contributed by atoms with Gasteiger partial charge in [-0.15, -0.1) is 0 Å². The Labute approximate surface area is 103 Å². The van der Waals surface area contributed by atoms with Gasteiger partial charge in [0.05, 0.1) is 0 Å². The van der Waals surface area contributed by atoms with Gasteiger partial charge in [0.1, 0.15) is 0 Å². The molecule has 1 aliphatic heterocycles. The largest absolute Gasteiger partial charge is 0.353 e. The molecule has 4 heteroatoms. The number of hydrogen-bond donors (Lipinski definition) is 2. The summed E-state index contributed by atoms with van der Waals surface area (Å²) in [6.45, 7) is 5.06. The first-order valence-electron chi connectivity index (χ1n) is 6.11. The number of nitrogens with two attached hydrogens (primary N) is 1. The van der Waals surface area contributed by atoms with Gasteiger partial charge in [-0.2, -0.15) is 11.8 Å². The Morgan fingerprint density at radius 2 is 2.25 bits per heavy atom. The molecule has 1 aliphatic rings. The molecule has 1 fully saturated rings. The molecular formula is C12H24N2OS. The summed E-state index contributed by atoms with van der Waals surface area (Å²) in [5.41, 5.74) is 5.74. The van der Waals surface area contributed by atoms with E-state index in [0.29, 0.717) is 19.0 Å². The summed E-state index contributed by atoms with van der Waals surface area (Å²) in [6.07, 6.45) is 3.67. The van der Waals surface area contributed by atoms with Crippen molar-refractivity contribution in [3.8, 4) is 0 Å². The fourth-order valence-corrected chi connectivity index (χ4v) is 3.07. The van der Waals surface area contributed by atoms with E-state index in [1.165, 1.54) is 5.75 Å². The Balaban J connectivity index is 2.18. The normalized spacial score (nSPS) is 21.1. The summed E-state index contributed by atoms with van der Waals surface area (Å²) in [4.78, 5) is 11.7. The number of carbonyl (C=O) groups excluding carboxylic acids is 1. The van der Waals surface area contributed by atoms with E-state index in [4.69, 9.17) is 5.73 Å². The van der Waals surface area contributed by atoms with Crippen molar-refractivity contribution in [3.63, 3.8) is 0 Å². The van der Waals surface area contributed by atoms with Crippen molar-refractivity contribution < 1.29 is 4.79 Å². The molecule has 1 rings (SSSR count). The molecule has 94 valence electrons. The maximum absolute atomic E-state index is 11.7. The monoisotopic (exact) mass is 244 g/mol. The molecule has 3 nitrogen and oxygen atoms in total. The Bertz CT molecular complexity index is 225. The topological polar surface area (TPSA) is 55.1 Å². The van der Waals surface area contributed by atoms with E-state index in [1.807, 2.05) is 11.8 Å². The highest BCUT2D eigenvalue weighted by atomic mass is 32.2. The van der Waals surface area contributed by atoms with Gasteiger partial charge in [-0.3, -0.25) is 4.79 Å². The average Bonchev–Trinajstić information content (AvgIpc) is 2.68. The van der Waals surface area contributed by atoms with Crippen LogP contribution >= 0.6 is 11.8 Å². The maximum Gasteiger partial charge on any atom is 0.220 e. The van der Waals surface area contributed by atoms with Crippen LogP contribution in [0, 0.1) is 5.41 Å². The molecule has 16 heavy (non-hydrogen) atoms. The van der Waals surface area contributed by atoms with E-state index >= 15 is 0 Å². The van der Waals surface area contributed by atoms with Crippen molar-refractivity contribution in [2.75, 3.05) is 18.1 Å². The minimum absolute atomic E-state index is 0.191. The number of hydrogen-bond acceptors (Lipinski definition) is 3. The third kappa shape index (κ3) is 5.21. The molecule has 0 bridgehead atoms. The van der Waals surface area contributed by atoms with E-state index in [-0.39, 0.29) is 11.3 Å². The van der Waals surface area contributed by atoms with Crippen LogP contribution in [0.5, 0.6) is 0 Å². The molecule has 0 aromatic heterocycles. The summed E-state index contributed by atoms with van der Waals surface area (Å²) < 4.78 is 0. The average molecular weight is 244 g/mol. The van der Waals surface area contributed by atoms with Crippen LogP contribution in [0.4, 0.5) is 0 Å². The smallest absolute Gasteiger partial charge is 0.220 e. The van der Waals surface area contributed by atoms with Crippen LogP contribution in [0.1, 0.15) is 39.5 Å². The molecular weight excluding hydrogens is 220 g/mol. The SMILES string of the molecule is CC(C)(CCN)CCC(=O)NC1CCSC1. The first-order valence-corrected chi connectivity index (χ1v) is 7.26. The van der Waals surface area contributed by atoms with Gasteiger partial charge >= 0.3 is 0 Å². The van der Waals surface area contributed by atoms with Crippen LogP contribution in [0.15, 0.2) is 0 Å². The Morgan fingerprint density at radius 3 is 2.81 bits per heavy atom. The van der Waals surface area contributed by atoms with Gasteiger partial charge in [0.2, 0.25) is 5.91 Å². The first kappa shape index (κ1) is 13.8. The van der Waals surface area contributed by atoms with E-state index in [9.17, 15) is 4.79 Å². The lowest BCUT2D eigenvalue weighted by molar-refractivity contribution is -0.122. The molecule has 0 spiro atoms. The molecule has 1 saturated heterocycles. The number of nitrogens with one attached hydrogen (secondary N) is 1. The first-order chi connectivity index (χ1) is 7.53. The fraction of sp³-hybridized carbons (Fsp3) is 0.917. The van der Waals surface area contributed by atoms with Crippen LogP contribution in [-0.4, -0.2) is 30.0 Å². The zero-order chi connectivity index (χ0) is 12.0. The minimum atomic E-state index is 0.191. The van der Waals surface area contributed by atoms with E-state index < -0.39 is 0 Å². The van der Waals surface area contributed by atoms with Crippen LogP contribution in [0.25, 0.3) is 0 Å². The molecule has 0 aliphatic carbocycles. The van der Waals surface area contributed by atoms with Gasteiger partial charge in [0.15, 0.2) is 0 Å². The van der Waals surface area contributed by atoms with Crippen LogP contribution < -0.4 is 11.1 Å². The number of amides is 1. The van der Waals surface area contributed by atoms with Crippen molar-refractivity contribution in [2.45, 2.75) is 45.6 Å². The lowest BCUT2D eigenvalue weighted by atomic mass is 9.84. The van der Waals surface area contributed by atoms with Crippen molar-refractivity contribution >= 4 is 17.7 Å². The Morgan fingerprint density at radius 1 is 1.50 bits per heavy atom. The zero-order valence-corrected chi connectivity index (χ0v) is 11.2. The lowest BCUT2D eigenvalue weighted by Gasteiger charge is -2.23. The third-order valence-corrected chi connectivity index (χ3v) is 4.31. The quantitative estimate of drug-likeness (QED) is 0.748. The van der Waals surface area contributed by atoms with Crippen molar-refractivity contribution in [1.29, 1.82) is 0 Å². The predicted molar refractivity (Wildman–Crippen MR) is 70.6 cm³/mol. The molecule has 0 aromatic rings. The van der Waals surface area contributed by atoms with Gasteiger partial charge < -0.3 is 11.1 Å². The second-order valence-electron chi connectivity index (χ2n) is 5.33. The Kier molecular flexibility index (Phi) is 5.62. The van der Waals surface area contributed by atoms with Crippen molar-refractivity contribution in [3.05, 3.63) is 0 Å². The van der Waals surface area contributed by atoms with E-state index in [2.05, 4.69) is 19.2 Å². The molecule has 1 amide bonds. The van der Waals surface area contributed by atoms with E-state index in [0.717, 1.165) is 25.0 Å². The number of thioether (sulfide) groups is 1. The van der Waals surface area contributed by atoms with E-state index in [1.54, 1.807) is 0 Å². The lowest BCUT2D eigenvalue weighted by Crippen LogP contribution is -2.35. The van der Waals surface area contributed by atoms with Gasteiger partial charge in [-0.25, -0.2) is 0 Å². The molecule has 0 radical (unpaired) electrons. The standard InChI is InChI=1S/C12H24N2OS/c1-12(2,6-7-13)5-3-11(15)14-10-4-8-16-9-10/h10H,3-9,13H2,1-2H3,(H,14,15). The van der Waals surface area contributed by atoms with Gasteiger partial charge in [-0.05, 0) is 37.0 Å². The molecule has 3 N–H and O–H groups in total. The van der Waals surface area contributed by atoms with Gasteiger partial charge in [0.25, 0.3) is 0 Å². The second kappa shape index (κ2) is 6.50. The molecule has 1 atom stereocenters. The Hall–Kier alpha value is -0.220. The number of carbonyl (C=O) groups is 1. The highest BCUT2D eigenvalue weighted by Gasteiger charge is 2.21. The zero-order valence-electron chi connectivity index (χ0n) is 10.4. The second-order valence-corrected chi connectivity index (χ2v) is 6.48. The molecule has 0 saturated carbocycles.